The molecule has 1 amide bonds. The third-order valence-corrected chi connectivity index (χ3v) is 5.14. The smallest absolute Gasteiger partial charge is 0.255 e. The van der Waals surface area contributed by atoms with Gasteiger partial charge >= 0.3 is 0 Å². The van der Waals surface area contributed by atoms with E-state index in [2.05, 4.69) is 5.32 Å². The average Bonchev–Trinajstić information content (AvgIpc) is 2.61. The van der Waals surface area contributed by atoms with Crippen LogP contribution in [-0.4, -0.2) is 30.8 Å². The highest BCUT2D eigenvalue weighted by Gasteiger charge is 2.35. The number of amides is 1. The van der Waals surface area contributed by atoms with Gasteiger partial charge in [-0.2, -0.15) is 0 Å². The second-order valence-electron chi connectivity index (χ2n) is 6.60. The Kier molecular flexibility index (Phi) is 5.30. The Morgan fingerprint density at radius 2 is 1.88 bits per heavy atom. The van der Waals surface area contributed by atoms with Gasteiger partial charge in [0.2, 0.25) is 0 Å². The minimum absolute atomic E-state index is 0.00465. The van der Waals surface area contributed by atoms with E-state index in [9.17, 15) is 9.90 Å². The summed E-state index contributed by atoms with van der Waals surface area (Å²) >= 11 is 6.01. The molecule has 1 heterocycles. The molecule has 0 unspecified atom stereocenters. The zero-order chi connectivity index (χ0) is 17.9. The zero-order valence-electron chi connectivity index (χ0n) is 14.2. The van der Waals surface area contributed by atoms with E-state index in [1.165, 1.54) is 0 Å². The van der Waals surface area contributed by atoms with E-state index in [4.69, 9.17) is 16.3 Å². The highest BCUT2D eigenvalue weighted by molar-refractivity contribution is 6.30. The van der Waals surface area contributed by atoms with Crippen LogP contribution in [0.1, 0.15) is 34.3 Å². The van der Waals surface area contributed by atoms with Crippen molar-refractivity contribution >= 4 is 17.5 Å². The predicted octanol–water partition coefficient (Wildman–Crippen LogP) is 3.83. The first-order chi connectivity index (χ1) is 12.0. The maximum atomic E-state index is 12.5. The molecule has 1 fully saturated rings. The van der Waals surface area contributed by atoms with E-state index < -0.39 is 0 Å². The number of halogens is 1. The molecular formula is C20H22ClNO3. The number of aryl methyl sites for hydroxylation is 1. The molecule has 4 nitrogen and oxygen atoms in total. The van der Waals surface area contributed by atoms with Gasteiger partial charge in [-0.15, -0.1) is 0 Å². The highest BCUT2D eigenvalue weighted by atomic mass is 35.5. The number of ether oxygens (including phenoxy) is 1. The molecule has 0 atom stereocenters. The summed E-state index contributed by atoms with van der Waals surface area (Å²) in [5.41, 5.74) is 2.17. The second-order valence-corrected chi connectivity index (χ2v) is 7.04. The van der Waals surface area contributed by atoms with Crippen molar-refractivity contribution in [3.05, 3.63) is 64.2 Å². The van der Waals surface area contributed by atoms with E-state index in [1.54, 1.807) is 12.1 Å². The fourth-order valence-corrected chi connectivity index (χ4v) is 3.44. The molecule has 0 aliphatic carbocycles. The maximum Gasteiger partial charge on any atom is 0.255 e. The van der Waals surface area contributed by atoms with Crippen LogP contribution in [0, 0.1) is 6.92 Å². The SMILES string of the molecule is Cc1ccc(C(=O)NCC2(c3ccc(Cl)cc3)CCOCC2)c(O)c1. The molecule has 1 aliphatic heterocycles. The summed E-state index contributed by atoms with van der Waals surface area (Å²) < 4.78 is 5.51. The summed E-state index contributed by atoms with van der Waals surface area (Å²) in [4.78, 5) is 12.5. The van der Waals surface area contributed by atoms with Gasteiger partial charge in [0.25, 0.3) is 5.91 Å². The molecule has 2 aromatic rings. The average molecular weight is 360 g/mol. The minimum Gasteiger partial charge on any atom is -0.507 e. The van der Waals surface area contributed by atoms with Crippen LogP contribution in [-0.2, 0) is 10.2 Å². The summed E-state index contributed by atoms with van der Waals surface area (Å²) in [6, 6.07) is 12.9. The molecule has 0 aromatic heterocycles. The molecule has 3 rings (SSSR count). The van der Waals surface area contributed by atoms with Crippen LogP contribution < -0.4 is 5.32 Å². The first-order valence-electron chi connectivity index (χ1n) is 8.42. The molecule has 0 bridgehead atoms. The topological polar surface area (TPSA) is 58.6 Å². The van der Waals surface area contributed by atoms with Gasteiger partial charge in [0.1, 0.15) is 5.75 Å². The summed E-state index contributed by atoms with van der Waals surface area (Å²) in [7, 11) is 0. The third kappa shape index (κ3) is 3.97. The van der Waals surface area contributed by atoms with Crippen LogP contribution in [0.25, 0.3) is 0 Å². The summed E-state index contributed by atoms with van der Waals surface area (Å²) in [5, 5.41) is 13.7. The van der Waals surface area contributed by atoms with Crippen molar-refractivity contribution in [2.75, 3.05) is 19.8 Å². The Morgan fingerprint density at radius 3 is 2.52 bits per heavy atom. The molecule has 2 aromatic carbocycles. The van der Waals surface area contributed by atoms with Crippen LogP contribution in [0.15, 0.2) is 42.5 Å². The lowest BCUT2D eigenvalue weighted by atomic mass is 9.74. The summed E-state index contributed by atoms with van der Waals surface area (Å²) in [5.74, 6) is -0.262. The number of aromatic hydroxyl groups is 1. The molecular weight excluding hydrogens is 338 g/mol. The molecule has 1 aliphatic rings. The predicted molar refractivity (Wildman–Crippen MR) is 98.4 cm³/mol. The van der Waals surface area contributed by atoms with Gasteiger partial charge < -0.3 is 15.2 Å². The monoisotopic (exact) mass is 359 g/mol. The zero-order valence-corrected chi connectivity index (χ0v) is 15.0. The van der Waals surface area contributed by atoms with Gasteiger partial charge in [-0.05, 0) is 55.2 Å². The van der Waals surface area contributed by atoms with Gasteiger partial charge in [0, 0.05) is 30.2 Å². The fourth-order valence-electron chi connectivity index (χ4n) is 3.31. The number of benzene rings is 2. The number of phenolic OH excluding ortho intramolecular Hbond substituents is 1. The van der Waals surface area contributed by atoms with E-state index in [0.29, 0.717) is 30.3 Å². The second kappa shape index (κ2) is 7.46. The van der Waals surface area contributed by atoms with Crippen LogP contribution in [0.4, 0.5) is 0 Å². The van der Waals surface area contributed by atoms with E-state index in [0.717, 1.165) is 24.0 Å². The quantitative estimate of drug-likeness (QED) is 0.872. The molecule has 0 radical (unpaired) electrons. The van der Waals surface area contributed by atoms with Crippen LogP contribution in [0.3, 0.4) is 0 Å². The Labute approximate surface area is 152 Å². The molecule has 0 spiro atoms. The van der Waals surface area contributed by atoms with E-state index in [-0.39, 0.29) is 17.1 Å². The molecule has 2 N–H and O–H groups in total. The first-order valence-corrected chi connectivity index (χ1v) is 8.80. The van der Waals surface area contributed by atoms with Gasteiger partial charge in [-0.1, -0.05) is 29.8 Å². The summed E-state index contributed by atoms with van der Waals surface area (Å²) in [6.07, 6.45) is 1.66. The Balaban J connectivity index is 1.79. The Bertz CT molecular complexity index is 752. The normalized spacial score (nSPS) is 16.4. The van der Waals surface area contributed by atoms with Gasteiger partial charge in [-0.3, -0.25) is 4.79 Å². The molecule has 0 saturated carbocycles. The number of carbonyl (C=O) groups excluding carboxylic acids is 1. The van der Waals surface area contributed by atoms with E-state index in [1.807, 2.05) is 37.3 Å². The molecule has 5 heteroatoms. The van der Waals surface area contributed by atoms with Crippen molar-refractivity contribution in [2.24, 2.45) is 0 Å². The minimum atomic E-state index is -0.266. The Morgan fingerprint density at radius 1 is 1.20 bits per heavy atom. The van der Waals surface area contributed by atoms with Crippen molar-refractivity contribution in [1.82, 2.24) is 5.32 Å². The Hall–Kier alpha value is -2.04. The maximum absolute atomic E-state index is 12.5. The third-order valence-electron chi connectivity index (χ3n) is 4.89. The number of nitrogens with one attached hydrogen (secondary N) is 1. The number of carbonyl (C=O) groups is 1. The fraction of sp³-hybridized carbons (Fsp3) is 0.350. The van der Waals surface area contributed by atoms with Crippen molar-refractivity contribution < 1.29 is 14.6 Å². The van der Waals surface area contributed by atoms with Crippen molar-refractivity contribution in [1.29, 1.82) is 0 Å². The number of phenols is 1. The largest absolute Gasteiger partial charge is 0.507 e. The lowest BCUT2D eigenvalue weighted by Gasteiger charge is -2.38. The van der Waals surface area contributed by atoms with Gasteiger partial charge in [-0.25, -0.2) is 0 Å². The number of hydrogen-bond acceptors (Lipinski definition) is 3. The van der Waals surface area contributed by atoms with Crippen LogP contribution in [0.5, 0.6) is 5.75 Å². The number of hydrogen-bond donors (Lipinski definition) is 2. The highest BCUT2D eigenvalue weighted by Crippen LogP contribution is 2.35. The molecule has 25 heavy (non-hydrogen) atoms. The van der Waals surface area contributed by atoms with Crippen LogP contribution in [0.2, 0.25) is 5.02 Å². The van der Waals surface area contributed by atoms with Crippen molar-refractivity contribution in [3.8, 4) is 5.75 Å². The lowest BCUT2D eigenvalue weighted by Crippen LogP contribution is -2.44. The molecule has 132 valence electrons. The number of rotatable bonds is 4. The van der Waals surface area contributed by atoms with Gasteiger partial charge in [0.05, 0.1) is 5.56 Å². The molecule has 1 saturated heterocycles. The van der Waals surface area contributed by atoms with Gasteiger partial charge in [0.15, 0.2) is 0 Å². The van der Waals surface area contributed by atoms with Crippen molar-refractivity contribution in [2.45, 2.75) is 25.2 Å². The lowest BCUT2D eigenvalue weighted by molar-refractivity contribution is 0.0487. The summed E-state index contributed by atoms with van der Waals surface area (Å²) in [6.45, 7) is 3.69. The van der Waals surface area contributed by atoms with E-state index >= 15 is 0 Å². The van der Waals surface area contributed by atoms with Crippen molar-refractivity contribution in [3.63, 3.8) is 0 Å². The first kappa shape index (κ1) is 17.8. The standard InChI is InChI=1S/C20H22ClNO3/c1-14-2-7-17(18(23)12-14)19(24)22-13-20(8-10-25-11-9-20)15-3-5-16(21)6-4-15/h2-7,12,23H,8-11,13H2,1H3,(H,22,24). The van der Waals surface area contributed by atoms with Crippen LogP contribution >= 0.6 is 11.6 Å².